The van der Waals surface area contributed by atoms with E-state index in [0.717, 1.165) is 16.6 Å². The summed E-state index contributed by atoms with van der Waals surface area (Å²) < 4.78 is 40.0. The Morgan fingerprint density at radius 1 is 1.45 bits per heavy atom. The molecule has 1 aromatic carbocycles. The summed E-state index contributed by atoms with van der Waals surface area (Å²) in [7, 11) is -2.05. The smallest absolute Gasteiger partial charge is 0.232 e. The molecule has 0 amide bonds. The Bertz CT molecular complexity index is 732. The molecule has 2 rings (SSSR count). The van der Waals surface area contributed by atoms with Crippen molar-refractivity contribution < 1.29 is 12.8 Å². The summed E-state index contributed by atoms with van der Waals surface area (Å²) in [6, 6.07) is 3.80. The van der Waals surface area contributed by atoms with Gasteiger partial charge < -0.3 is 0 Å². The summed E-state index contributed by atoms with van der Waals surface area (Å²) in [6.45, 7) is -0.117. The van der Waals surface area contributed by atoms with Crippen LogP contribution in [0.3, 0.4) is 0 Å². The van der Waals surface area contributed by atoms with Crippen LogP contribution < -0.4 is 4.31 Å². The predicted octanol–water partition coefficient (Wildman–Crippen LogP) is 1.57. The third-order valence-electron chi connectivity index (χ3n) is 2.67. The molecule has 2 aromatic rings. The number of sulfonamides is 1. The van der Waals surface area contributed by atoms with Crippen LogP contribution in [-0.4, -0.2) is 29.4 Å². The second-order valence-electron chi connectivity index (χ2n) is 4.17. The van der Waals surface area contributed by atoms with Crippen LogP contribution in [0.15, 0.2) is 24.5 Å². The van der Waals surface area contributed by atoms with E-state index in [1.54, 1.807) is 7.05 Å². The Balaban J connectivity index is 2.46. The lowest BCUT2D eigenvalue weighted by atomic mass is 10.3. The molecule has 1 aromatic heterocycles. The molecule has 6 nitrogen and oxygen atoms in total. The molecule has 0 saturated heterocycles. The third kappa shape index (κ3) is 3.07. The summed E-state index contributed by atoms with van der Waals surface area (Å²) in [5.41, 5.74) is -0.0834. The molecule has 0 aliphatic heterocycles. The fourth-order valence-corrected chi connectivity index (χ4v) is 2.67. The molecule has 108 valence electrons. The van der Waals surface area contributed by atoms with E-state index >= 15 is 0 Å². The highest BCUT2D eigenvalue weighted by Crippen LogP contribution is 2.26. The van der Waals surface area contributed by atoms with Gasteiger partial charge in [0.05, 0.1) is 18.5 Å². The van der Waals surface area contributed by atoms with Gasteiger partial charge in [-0.1, -0.05) is 11.6 Å². The monoisotopic (exact) mass is 318 g/mol. The molecule has 0 bridgehead atoms. The number of anilines is 1. The predicted molar refractivity (Wildman–Crippen MR) is 73.4 cm³/mol. The van der Waals surface area contributed by atoms with Crippen molar-refractivity contribution in [1.82, 2.24) is 14.8 Å². The third-order valence-corrected chi connectivity index (χ3v) is 4.03. The van der Waals surface area contributed by atoms with E-state index in [2.05, 4.69) is 10.1 Å². The van der Waals surface area contributed by atoms with E-state index in [1.165, 1.54) is 23.1 Å². The molecule has 0 aliphatic rings. The van der Waals surface area contributed by atoms with Crippen LogP contribution >= 0.6 is 11.6 Å². The second-order valence-corrected chi connectivity index (χ2v) is 6.51. The first kappa shape index (κ1) is 14.7. The molecule has 0 unspecified atom stereocenters. The van der Waals surface area contributed by atoms with Crippen molar-refractivity contribution in [3.05, 3.63) is 41.2 Å². The lowest BCUT2D eigenvalue weighted by Gasteiger charge is -2.22. The van der Waals surface area contributed by atoms with Crippen molar-refractivity contribution in [2.45, 2.75) is 6.54 Å². The van der Waals surface area contributed by atoms with Crippen LogP contribution in [0.25, 0.3) is 0 Å². The Hall–Kier alpha value is -1.67. The summed E-state index contributed by atoms with van der Waals surface area (Å²) in [5, 5.41) is 4.04. The highest BCUT2D eigenvalue weighted by atomic mass is 35.5. The molecule has 0 spiro atoms. The van der Waals surface area contributed by atoms with Gasteiger partial charge in [-0.2, -0.15) is 5.10 Å². The van der Waals surface area contributed by atoms with Gasteiger partial charge in [0.1, 0.15) is 18.0 Å². The van der Waals surface area contributed by atoms with Crippen molar-refractivity contribution in [3.63, 3.8) is 0 Å². The molecule has 0 N–H and O–H groups in total. The maximum atomic E-state index is 13.9. The molecule has 9 heteroatoms. The van der Waals surface area contributed by atoms with Crippen molar-refractivity contribution in [1.29, 1.82) is 0 Å². The zero-order chi connectivity index (χ0) is 14.9. The van der Waals surface area contributed by atoms with E-state index in [0.29, 0.717) is 5.82 Å². The Morgan fingerprint density at radius 3 is 2.65 bits per heavy atom. The summed E-state index contributed by atoms with van der Waals surface area (Å²) in [6.07, 6.45) is 2.30. The van der Waals surface area contributed by atoms with E-state index < -0.39 is 15.8 Å². The van der Waals surface area contributed by atoms with E-state index in [4.69, 9.17) is 11.6 Å². The van der Waals surface area contributed by atoms with Crippen LogP contribution in [0.5, 0.6) is 0 Å². The molecule has 0 saturated carbocycles. The van der Waals surface area contributed by atoms with Crippen molar-refractivity contribution >= 4 is 27.3 Å². The molecule has 0 aliphatic carbocycles. The van der Waals surface area contributed by atoms with Crippen molar-refractivity contribution in [2.75, 3.05) is 10.6 Å². The lowest BCUT2D eigenvalue weighted by Crippen LogP contribution is -2.31. The topological polar surface area (TPSA) is 68.1 Å². The number of rotatable bonds is 4. The molecule has 0 fully saturated rings. The fraction of sp³-hybridized carbons (Fsp3) is 0.273. The maximum absolute atomic E-state index is 13.9. The molecule has 0 atom stereocenters. The molecular weight excluding hydrogens is 307 g/mol. The fourth-order valence-electron chi connectivity index (χ4n) is 1.66. The number of aryl methyl sites for hydroxylation is 1. The maximum Gasteiger partial charge on any atom is 0.232 e. The van der Waals surface area contributed by atoms with Gasteiger partial charge in [0.25, 0.3) is 0 Å². The first-order chi connectivity index (χ1) is 9.29. The van der Waals surface area contributed by atoms with Crippen LogP contribution in [0.4, 0.5) is 10.1 Å². The second kappa shape index (κ2) is 5.37. The zero-order valence-electron chi connectivity index (χ0n) is 10.8. The molecule has 20 heavy (non-hydrogen) atoms. The molecular formula is C11H12ClFN4O2S. The quantitative estimate of drug-likeness (QED) is 0.858. The van der Waals surface area contributed by atoms with Gasteiger partial charge in [0.15, 0.2) is 0 Å². The number of hydrogen-bond donors (Lipinski definition) is 0. The van der Waals surface area contributed by atoms with Gasteiger partial charge in [-0.3, -0.25) is 8.99 Å². The summed E-state index contributed by atoms with van der Waals surface area (Å²) >= 11 is 5.67. The number of halogens is 2. The van der Waals surface area contributed by atoms with Crippen LogP contribution in [0.2, 0.25) is 5.02 Å². The lowest BCUT2D eigenvalue weighted by molar-refractivity contribution is 0.585. The highest BCUT2D eigenvalue weighted by Gasteiger charge is 2.23. The molecule has 1 heterocycles. The SMILES string of the molecule is Cn1ncnc1CN(c1ccc(Cl)cc1F)S(C)(=O)=O. The minimum atomic E-state index is -3.68. The highest BCUT2D eigenvalue weighted by molar-refractivity contribution is 7.92. The van der Waals surface area contributed by atoms with Gasteiger partial charge in [0.2, 0.25) is 10.0 Å². The number of hydrogen-bond acceptors (Lipinski definition) is 4. The van der Waals surface area contributed by atoms with E-state index in [-0.39, 0.29) is 17.3 Å². The Morgan fingerprint density at radius 2 is 2.15 bits per heavy atom. The average Bonchev–Trinajstić information content (AvgIpc) is 2.71. The summed E-state index contributed by atoms with van der Waals surface area (Å²) in [4.78, 5) is 3.94. The van der Waals surface area contributed by atoms with Gasteiger partial charge >= 0.3 is 0 Å². The van der Waals surface area contributed by atoms with Crippen LogP contribution in [0.1, 0.15) is 5.82 Å². The zero-order valence-corrected chi connectivity index (χ0v) is 12.4. The van der Waals surface area contributed by atoms with Gasteiger partial charge in [0, 0.05) is 12.1 Å². The first-order valence-corrected chi connectivity index (χ1v) is 7.77. The van der Waals surface area contributed by atoms with Gasteiger partial charge in [-0.15, -0.1) is 0 Å². The minimum absolute atomic E-state index is 0.0834. The Kier molecular flexibility index (Phi) is 3.96. The number of benzene rings is 1. The summed E-state index contributed by atoms with van der Waals surface area (Å²) in [5.74, 6) is -0.324. The first-order valence-electron chi connectivity index (χ1n) is 5.54. The number of nitrogens with zero attached hydrogens (tertiary/aromatic N) is 4. The van der Waals surface area contributed by atoms with Crippen molar-refractivity contribution in [2.24, 2.45) is 7.05 Å². The number of aromatic nitrogens is 3. The largest absolute Gasteiger partial charge is 0.260 e. The van der Waals surface area contributed by atoms with Gasteiger partial charge in [-0.05, 0) is 18.2 Å². The average molecular weight is 319 g/mol. The van der Waals surface area contributed by atoms with E-state index in [9.17, 15) is 12.8 Å². The van der Waals surface area contributed by atoms with Crippen molar-refractivity contribution in [3.8, 4) is 0 Å². The van der Waals surface area contributed by atoms with Gasteiger partial charge in [-0.25, -0.2) is 17.8 Å². The minimum Gasteiger partial charge on any atom is -0.260 e. The normalized spacial score (nSPS) is 11.6. The van der Waals surface area contributed by atoms with Crippen LogP contribution in [-0.2, 0) is 23.6 Å². The Labute approximate surface area is 120 Å². The van der Waals surface area contributed by atoms with Crippen LogP contribution in [0, 0.1) is 5.82 Å². The van der Waals surface area contributed by atoms with E-state index in [1.807, 2.05) is 0 Å². The standard InChI is InChI=1S/C11H12ClFN4O2S/c1-16-11(14-7-15-16)6-17(20(2,18)19)10-4-3-8(12)5-9(10)13/h3-5,7H,6H2,1-2H3. The molecule has 0 radical (unpaired) electrons.